The molecule has 0 unspecified atom stereocenters. The number of carbonyl (C=O) groups is 1. The minimum absolute atomic E-state index is 0.293. The van der Waals surface area contributed by atoms with Gasteiger partial charge in [0.05, 0.1) is 0 Å². The lowest BCUT2D eigenvalue weighted by Crippen LogP contribution is -2.16. The summed E-state index contributed by atoms with van der Waals surface area (Å²) in [5, 5.41) is 8.40. The van der Waals surface area contributed by atoms with E-state index >= 15 is 0 Å². The zero-order valence-corrected chi connectivity index (χ0v) is 10.4. The molecule has 3 heteroatoms. The number of aliphatic carboxylic acids is 1. The van der Waals surface area contributed by atoms with Crippen LogP contribution in [0, 0.1) is 11.5 Å². The van der Waals surface area contributed by atoms with Gasteiger partial charge in [0.15, 0.2) is 0 Å². The van der Waals surface area contributed by atoms with Crippen molar-refractivity contribution in [2.45, 2.75) is 51.7 Å². The molecule has 0 rings (SSSR count). The Hall–Kier alpha value is -0.753. The molecule has 0 amide bonds. The average molecular weight is 212 g/mol. The summed E-state index contributed by atoms with van der Waals surface area (Å²) in [7, 11) is -1.20. The minimum Gasteiger partial charge on any atom is -0.481 e. The topological polar surface area (TPSA) is 37.3 Å². The summed E-state index contributed by atoms with van der Waals surface area (Å²) in [6, 6.07) is 0. The van der Waals surface area contributed by atoms with Gasteiger partial charge < -0.3 is 5.11 Å². The van der Waals surface area contributed by atoms with E-state index in [1.807, 2.05) is 0 Å². The summed E-state index contributed by atoms with van der Waals surface area (Å²) in [6.07, 6.45) is 4.01. The van der Waals surface area contributed by atoms with Crippen LogP contribution in [-0.4, -0.2) is 19.1 Å². The molecule has 0 radical (unpaired) electrons. The van der Waals surface area contributed by atoms with Crippen LogP contribution in [0.3, 0.4) is 0 Å². The average Bonchev–Trinajstić information content (AvgIpc) is 2.00. The molecule has 0 spiro atoms. The molecule has 80 valence electrons. The monoisotopic (exact) mass is 212 g/mol. The Bertz CT molecular complexity index is 230. The zero-order chi connectivity index (χ0) is 11.0. The van der Waals surface area contributed by atoms with E-state index in [2.05, 4.69) is 31.1 Å². The lowest BCUT2D eigenvalue weighted by molar-refractivity contribution is -0.137. The Balaban J connectivity index is 3.37. The third-order valence-electron chi connectivity index (χ3n) is 1.66. The molecule has 2 nitrogen and oxygen atoms in total. The van der Waals surface area contributed by atoms with Crippen molar-refractivity contribution in [3.63, 3.8) is 0 Å². The first-order valence-electron chi connectivity index (χ1n) is 5.13. The van der Waals surface area contributed by atoms with Gasteiger partial charge in [0.1, 0.15) is 8.07 Å². The van der Waals surface area contributed by atoms with E-state index < -0.39 is 14.0 Å². The predicted molar refractivity (Wildman–Crippen MR) is 61.8 cm³/mol. The fourth-order valence-corrected chi connectivity index (χ4v) is 1.65. The van der Waals surface area contributed by atoms with Gasteiger partial charge in [0.2, 0.25) is 0 Å². The fraction of sp³-hybridized carbons (Fsp3) is 0.727. The molecule has 0 saturated carbocycles. The molecule has 0 heterocycles. The van der Waals surface area contributed by atoms with Crippen LogP contribution in [0.4, 0.5) is 0 Å². The minimum atomic E-state index is -1.20. The van der Waals surface area contributed by atoms with E-state index in [4.69, 9.17) is 5.11 Å². The second-order valence-electron chi connectivity index (χ2n) is 4.51. The van der Waals surface area contributed by atoms with Crippen LogP contribution >= 0.6 is 0 Å². The van der Waals surface area contributed by atoms with Gasteiger partial charge in [0, 0.05) is 12.8 Å². The van der Waals surface area contributed by atoms with Gasteiger partial charge in [0.25, 0.3) is 0 Å². The highest BCUT2D eigenvalue weighted by Gasteiger charge is 2.06. The van der Waals surface area contributed by atoms with Crippen molar-refractivity contribution in [2.75, 3.05) is 0 Å². The van der Waals surface area contributed by atoms with Crippen molar-refractivity contribution in [1.29, 1.82) is 0 Å². The normalized spacial score (nSPS) is 10.5. The van der Waals surface area contributed by atoms with Gasteiger partial charge in [-0.05, 0) is 12.8 Å². The van der Waals surface area contributed by atoms with Crippen molar-refractivity contribution in [1.82, 2.24) is 0 Å². The Morgan fingerprint density at radius 1 is 1.21 bits per heavy atom. The number of hydrogen-bond acceptors (Lipinski definition) is 1. The molecule has 0 fully saturated rings. The van der Waals surface area contributed by atoms with Gasteiger partial charge in [-0.15, -0.1) is 11.5 Å². The number of rotatable bonds is 5. The smallest absolute Gasteiger partial charge is 0.303 e. The summed E-state index contributed by atoms with van der Waals surface area (Å²) in [5.41, 5.74) is 3.29. The van der Waals surface area contributed by atoms with Crippen molar-refractivity contribution in [3.05, 3.63) is 0 Å². The first-order valence-corrected chi connectivity index (χ1v) is 8.63. The van der Waals surface area contributed by atoms with Crippen LogP contribution in [0.15, 0.2) is 0 Å². The molecular weight excluding hydrogens is 192 g/mol. The SMILES string of the molecule is C[Si](C)(C)C#CCCCCCC(=O)O. The number of hydrogen-bond donors (Lipinski definition) is 1. The van der Waals surface area contributed by atoms with Crippen molar-refractivity contribution < 1.29 is 9.90 Å². The molecule has 0 aromatic rings. The second-order valence-corrected chi connectivity index (χ2v) is 9.26. The molecule has 0 atom stereocenters. The van der Waals surface area contributed by atoms with Crippen LogP contribution in [0.5, 0.6) is 0 Å². The van der Waals surface area contributed by atoms with Crippen molar-refractivity contribution in [3.8, 4) is 11.5 Å². The van der Waals surface area contributed by atoms with Crippen LogP contribution in [0.25, 0.3) is 0 Å². The molecule has 0 bridgehead atoms. The molecule has 0 aliphatic carbocycles. The van der Waals surface area contributed by atoms with E-state index in [0.717, 1.165) is 25.7 Å². The Kier molecular flexibility index (Phi) is 6.31. The van der Waals surface area contributed by atoms with Crippen LogP contribution < -0.4 is 0 Å². The third kappa shape index (κ3) is 11.2. The zero-order valence-electron chi connectivity index (χ0n) is 9.39. The van der Waals surface area contributed by atoms with Crippen molar-refractivity contribution in [2.24, 2.45) is 0 Å². The molecule has 0 aliphatic rings. The lowest BCUT2D eigenvalue weighted by Gasteiger charge is -2.03. The van der Waals surface area contributed by atoms with Crippen LogP contribution in [-0.2, 0) is 4.79 Å². The first-order chi connectivity index (χ1) is 6.42. The highest BCUT2D eigenvalue weighted by molar-refractivity contribution is 6.83. The van der Waals surface area contributed by atoms with Crippen LogP contribution in [0.2, 0.25) is 19.6 Å². The predicted octanol–water partition coefficient (Wildman–Crippen LogP) is 2.90. The third-order valence-corrected chi connectivity index (χ3v) is 2.58. The first kappa shape index (κ1) is 13.2. The van der Waals surface area contributed by atoms with E-state index in [1.165, 1.54) is 0 Å². The molecule has 0 aromatic carbocycles. The quantitative estimate of drug-likeness (QED) is 0.432. The fourth-order valence-electron chi connectivity index (χ4n) is 0.994. The summed E-state index contributed by atoms with van der Waals surface area (Å²) in [5.74, 6) is 2.48. The molecule has 0 aromatic heterocycles. The van der Waals surface area contributed by atoms with Gasteiger partial charge in [-0.3, -0.25) is 4.79 Å². The Morgan fingerprint density at radius 2 is 1.86 bits per heavy atom. The van der Waals surface area contributed by atoms with Gasteiger partial charge in [-0.25, -0.2) is 0 Å². The van der Waals surface area contributed by atoms with E-state index in [0.29, 0.717) is 6.42 Å². The highest BCUT2D eigenvalue weighted by Crippen LogP contribution is 2.03. The van der Waals surface area contributed by atoms with Gasteiger partial charge in [-0.2, -0.15) is 0 Å². The van der Waals surface area contributed by atoms with Gasteiger partial charge in [-0.1, -0.05) is 26.1 Å². The van der Waals surface area contributed by atoms with E-state index in [1.54, 1.807) is 0 Å². The maximum Gasteiger partial charge on any atom is 0.303 e. The Morgan fingerprint density at radius 3 is 2.36 bits per heavy atom. The highest BCUT2D eigenvalue weighted by atomic mass is 28.3. The summed E-state index contributed by atoms with van der Waals surface area (Å²) >= 11 is 0. The summed E-state index contributed by atoms with van der Waals surface area (Å²) in [4.78, 5) is 10.2. The summed E-state index contributed by atoms with van der Waals surface area (Å²) < 4.78 is 0. The van der Waals surface area contributed by atoms with E-state index in [9.17, 15) is 4.79 Å². The molecule has 0 saturated heterocycles. The number of carboxylic acids is 1. The summed E-state index contributed by atoms with van der Waals surface area (Å²) in [6.45, 7) is 6.68. The Labute approximate surface area is 87.7 Å². The number of carboxylic acid groups (broad SMARTS) is 1. The maximum atomic E-state index is 10.2. The largest absolute Gasteiger partial charge is 0.481 e. The number of unbranched alkanes of at least 4 members (excludes halogenated alkanes) is 3. The maximum absolute atomic E-state index is 10.2. The molecule has 0 aliphatic heterocycles. The van der Waals surface area contributed by atoms with Crippen LogP contribution in [0.1, 0.15) is 32.1 Å². The van der Waals surface area contributed by atoms with Crippen molar-refractivity contribution >= 4 is 14.0 Å². The van der Waals surface area contributed by atoms with Gasteiger partial charge >= 0.3 is 5.97 Å². The molecule has 1 N–H and O–H groups in total. The lowest BCUT2D eigenvalue weighted by atomic mass is 10.1. The second kappa shape index (κ2) is 6.66. The van der Waals surface area contributed by atoms with E-state index in [-0.39, 0.29) is 0 Å². The standard InChI is InChI=1S/C11H20O2Si/c1-14(2,3)10-8-6-4-5-7-9-11(12)13/h4-7,9H2,1-3H3,(H,12,13). The molecular formula is C11H20O2Si. The molecule has 14 heavy (non-hydrogen) atoms.